The van der Waals surface area contributed by atoms with Crippen molar-refractivity contribution in [3.8, 4) is 5.75 Å². The van der Waals surface area contributed by atoms with Gasteiger partial charge in [-0.05, 0) is 73.9 Å². The van der Waals surface area contributed by atoms with Crippen LogP contribution in [0.1, 0.15) is 41.8 Å². The van der Waals surface area contributed by atoms with Gasteiger partial charge in [0.15, 0.2) is 5.78 Å². The molecule has 0 spiro atoms. The van der Waals surface area contributed by atoms with Crippen LogP contribution in [-0.4, -0.2) is 34.6 Å². The Kier molecular flexibility index (Phi) is 13.3. The summed E-state index contributed by atoms with van der Waals surface area (Å²) in [6.45, 7) is 3.28. The van der Waals surface area contributed by atoms with Gasteiger partial charge in [-0.15, -0.1) is 0 Å². The molecule has 1 aliphatic rings. The first-order valence-corrected chi connectivity index (χ1v) is 13.4. The SMILES string of the molecule is CC=O.CNC1=CCC=C(S(N)(=O)=O)C=C1C.COc1ccc(Cl)cc1C(=O)Cc1cc(F)cc(C(F)(F)F)c1. The zero-order valence-corrected chi connectivity index (χ0v) is 23.7. The van der Waals surface area contributed by atoms with Crippen molar-refractivity contribution in [2.45, 2.75) is 32.9 Å². The first kappa shape index (κ1) is 34.5. The number of sulfonamides is 1. The molecular formula is C27H29ClF4N2O5S. The molecule has 0 saturated heterocycles. The second-order valence-electron chi connectivity index (χ2n) is 8.11. The van der Waals surface area contributed by atoms with E-state index >= 15 is 0 Å². The van der Waals surface area contributed by atoms with Crippen LogP contribution in [0.5, 0.6) is 5.75 Å². The Bertz CT molecular complexity index is 1420. The van der Waals surface area contributed by atoms with Crippen LogP contribution < -0.4 is 15.2 Å². The van der Waals surface area contributed by atoms with Crippen LogP contribution in [0.4, 0.5) is 17.6 Å². The summed E-state index contributed by atoms with van der Waals surface area (Å²) in [5.41, 5.74) is 0.700. The largest absolute Gasteiger partial charge is 0.496 e. The smallest absolute Gasteiger partial charge is 0.416 e. The molecular weight excluding hydrogens is 576 g/mol. The Hall–Kier alpha value is -3.48. The van der Waals surface area contributed by atoms with Crippen molar-refractivity contribution in [2.24, 2.45) is 5.14 Å². The number of primary sulfonamides is 1. The quantitative estimate of drug-likeness (QED) is 0.246. The highest BCUT2D eigenvalue weighted by atomic mass is 35.5. The number of rotatable bonds is 6. The Balaban J connectivity index is 0.000000401. The van der Waals surface area contributed by atoms with Crippen LogP contribution in [0.3, 0.4) is 0 Å². The number of carbonyl (C=O) groups excluding carboxylic acids is 2. The molecule has 0 atom stereocenters. The van der Waals surface area contributed by atoms with Crippen molar-refractivity contribution in [1.82, 2.24) is 5.32 Å². The first-order valence-electron chi connectivity index (χ1n) is 11.5. The maximum atomic E-state index is 13.4. The Morgan fingerprint density at radius 2 is 1.80 bits per heavy atom. The number of alkyl halides is 3. The number of hydrogen-bond acceptors (Lipinski definition) is 6. The number of hydrogen-bond donors (Lipinski definition) is 2. The molecule has 40 heavy (non-hydrogen) atoms. The molecule has 0 amide bonds. The van der Waals surface area contributed by atoms with Gasteiger partial charge >= 0.3 is 6.18 Å². The fraction of sp³-hybridized carbons (Fsp3) is 0.259. The summed E-state index contributed by atoms with van der Waals surface area (Å²) in [6, 6.07) is 6.37. The highest BCUT2D eigenvalue weighted by Crippen LogP contribution is 2.31. The van der Waals surface area contributed by atoms with E-state index in [1.54, 1.807) is 19.2 Å². The van der Waals surface area contributed by atoms with Gasteiger partial charge in [-0.3, -0.25) is 4.79 Å². The minimum absolute atomic E-state index is 0.0793. The second-order valence-corrected chi connectivity index (χ2v) is 10.1. The number of aldehydes is 1. The zero-order valence-electron chi connectivity index (χ0n) is 22.1. The standard InChI is InChI=1S/C16H11ClF4O2.C9H14N2O2S.C2H4O/c1-23-15-3-2-11(17)8-13(15)14(22)6-9-4-10(16(19,20)21)7-12(18)5-9;1-7-6-8(14(10,12)13)4-3-5-9(7)11-2;1-2-3/h2-5,7-8H,6H2,1H3;4-6,11H,3H2,1-2H3,(H2,10,12,13);2H,1H3. The molecule has 218 valence electrons. The second kappa shape index (κ2) is 15.3. The molecule has 0 radical (unpaired) electrons. The van der Waals surface area contributed by atoms with E-state index in [9.17, 15) is 30.8 Å². The lowest BCUT2D eigenvalue weighted by atomic mass is 10.0. The molecule has 7 nitrogen and oxygen atoms in total. The van der Waals surface area contributed by atoms with Gasteiger partial charge in [0.25, 0.3) is 0 Å². The maximum absolute atomic E-state index is 13.4. The molecule has 2 aromatic rings. The van der Waals surface area contributed by atoms with Crippen molar-refractivity contribution in [2.75, 3.05) is 14.2 Å². The summed E-state index contributed by atoms with van der Waals surface area (Å²) in [5.74, 6) is -1.34. The van der Waals surface area contributed by atoms with Crippen molar-refractivity contribution in [3.63, 3.8) is 0 Å². The van der Waals surface area contributed by atoms with Gasteiger partial charge in [0.1, 0.15) is 17.9 Å². The number of benzene rings is 2. The lowest BCUT2D eigenvalue weighted by molar-refractivity contribution is -0.137. The van der Waals surface area contributed by atoms with Gasteiger partial charge in [0.05, 0.1) is 23.1 Å². The summed E-state index contributed by atoms with van der Waals surface area (Å²) in [7, 11) is -0.442. The average molecular weight is 605 g/mol. The summed E-state index contributed by atoms with van der Waals surface area (Å²) >= 11 is 5.81. The molecule has 0 aliphatic heterocycles. The summed E-state index contributed by atoms with van der Waals surface area (Å²) in [6.07, 6.45) is 1.32. The van der Waals surface area contributed by atoms with Crippen LogP contribution in [-0.2, 0) is 27.4 Å². The van der Waals surface area contributed by atoms with E-state index in [1.165, 1.54) is 32.2 Å². The van der Waals surface area contributed by atoms with Crippen molar-refractivity contribution >= 4 is 33.7 Å². The normalized spacial score (nSPS) is 13.1. The van der Waals surface area contributed by atoms with E-state index in [4.69, 9.17) is 26.3 Å². The van der Waals surface area contributed by atoms with Crippen molar-refractivity contribution < 1.29 is 40.3 Å². The predicted molar refractivity (Wildman–Crippen MR) is 146 cm³/mol. The average Bonchev–Trinajstić information content (AvgIpc) is 3.05. The highest BCUT2D eigenvalue weighted by Gasteiger charge is 2.31. The van der Waals surface area contributed by atoms with E-state index in [0.717, 1.165) is 29.7 Å². The molecule has 2 aromatic carbocycles. The summed E-state index contributed by atoms with van der Waals surface area (Å²) in [4.78, 5) is 21.3. The fourth-order valence-corrected chi connectivity index (χ4v) is 4.24. The molecule has 0 bridgehead atoms. The van der Waals surface area contributed by atoms with E-state index < -0.39 is 39.8 Å². The molecule has 0 heterocycles. The molecule has 1 aliphatic carbocycles. The van der Waals surface area contributed by atoms with Crippen LogP contribution in [0, 0.1) is 5.82 Å². The van der Waals surface area contributed by atoms with Gasteiger partial charge in [-0.2, -0.15) is 13.2 Å². The van der Waals surface area contributed by atoms with Crippen molar-refractivity contribution in [3.05, 3.63) is 98.3 Å². The number of nitrogens with one attached hydrogen (secondary N) is 1. The first-order chi connectivity index (χ1) is 18.6. The monoisotopic (exact) mass is 604 g/mol. The van der Waals surface area contributed by atoms with E-state index in [2.05, 4.69) is 5.32 Å². The lowest BCUT2D eigenvalue weighted by Crippen LogP contribution is -2.14. The van der Waals surface area contributed by atoms with E-state index in [-0.39, 0.29) is 26.8 Å². The fourth-order valence-electron chi connectivity index (χ4n) is 3.40. The molecule has 3 rings (SSSR count). The molecule has 0 aromatic heterocycles. The predicted octanol–water partition coefficient (Wildman–Crippen LogP) is 5.75. The van der Waals surface area contributed by atoms with Crippen LogP contribution in [0.2, 0.25) is 5.02 Å². The van der Waals surface area contributed by atoms with Gasteiger partial charge in [-0.1, -0.05) is 23.8 Å². The van der Waals surface area contributed by atoms with Gasteiger partial charge < -0.3 is 14.8 Å². The minimum Gasteiger partial charge on any atom is -0.496 e. The molecule has 3 N–H and O–H groups in total. The number of likely N-dealkylation sites (N-methyl/N-ethyl adjacent to an activating group) is 1. The van der Waals surface area contributed by atoms with Gasteiger partial charge in [0.2, 0.25) is 10.0 Å². The number of carbonyl (C=O) groups is 2. The number of halogens is 5. The highest BCUT2D eigenvalue weighted by molar-refractivity contribution is 7.93. The Morgan fingerprint density at radius 3 is 2.33 bits per heavy atom. The molecule has 0 fully saturated rings. The number of allylic oxidation sites excluding steroid dienone is 4. The van der Waals surface area contributed by atoms with E-state index in [0.29, 0.717) is 12.5 Å². The van der Waals surface area contributed by atoms with Crippen LogP contribution in [0.15, 0.2) is 70.8 Å². The Morgan fingerprint density at radius 1 is 1.18 bits per heavy atom. The third kappa shape index (κ3) is 10.9. The summed E-state index contributed by atoms with van der Waals surface area (Å²) < 4.78 is 78.7. The lowest BCUT2D eigenvalue weighted by Gasteiger charge is -2.11. The Labute approximate surface area is 235 Å². The van der Waals surface area contributed by atoms with Gasteiger partial charge in [0, 0.05) is 24.2 Å². The number of ketones is 1. The number of methoxy groups -OCH3 is 1. The third-order valence-electron chi connectivity index (χ3n) is 5.13. The molecule has 13 heteroatoms. The minimum atomic E-state index is -4.69. The number of nitrogens with two attached hydrogens (primary N) is 1. The van der Waals surface area contributed by atoms with Crippen LogP contribution in [0.25, 0.3) is 0 Å². The molecule has 0 saturated carbocycles. The number of Topliss-reactive ketones (excluding diaryl/α,β-unsaturated/α-hetero) is 1. The maximum Gasteiger partial charge on any atom is 0.416 e. The molecule has 0 unspecified atom stereocenters. The zero-order chi connectivity index (χ0) is 30.7. The van der Waals surface area contributed by atoms with Crippen molar-refractivity contribution in [1.29, 1.82) is 0 Å². The van der Waals surface area contributed by atoms with Gasteiger partial charge in [-0.25, -0.2) is 17.9 Å². The third-order valence-corrected chi connectivity index (χ3v) is 6.31. The summed E-state index contributed by atoms with van der Waals surface area (Å²) in [5, 5.41) is 8.32. The van der Waals surface area contributed by atoms with E-state index in [1.807, 2.05) is 13.0 Å². The van der Waals surface area contributed by atoms with Crippen LogP contribution >= 0.6 is 11.6 Å². The number of ether oxygens (including phenoxy) is 1. The topological polar surface area (TPSA) is 116 Å².